The summed E-state index contributed by atoms with van der Waals surface area (Å²) in [7, 11) is 0. The molecule has 1 N–H and O–H groups in total. The molecule has 0 bridgehead atoms. The summed E-state index contributed by atoms with van der Waals surface area (Å²) in [4.78, 5) is 14.4. The number of nitrogens with one attached hydrogen (secondary N) is 1. The lowest BCUT2D eigenvalue weighted by molar-refractivity contribution is -0.151. The Labute approximate surface area is 97.3 Å². The van der Waals surface area contributed by atoms with E-state index in [4.69, 9.17) is 4.74 Å². The van der Waals surface area contributed by atoms with Gasteiger partial charge in [0.2, 0.25) is 0 Å². The Morgan fingerprint density at radius 3 is 2.62 bits per heavy atom. The molecule has 0 radical (unpaired) electrons. The minimum atomic E-state index is -0.267. The van der Waals surface area contributed by atoms with Gasteiger partial charge in [-0.3, -0.25) is 4.79 Å². The largest absolute Gasteiger partial charge is 0.366 e. The summed E-state index contributed by atoms with van der Waals surface area (Å²) >= 11 is 0. The molecule has 1 aliphatic carbocycles. The predicted octanol–water partition coefficient (Wildman–Crippen LogP) is 0.764. The first-order valence-corrected chi connectivity index (χ1v) is 6.34. The molecular formula is C12H22N2O2. The Bertz CT molecular complexity index is 245. The van der Waals surface area contributed by atoms with Crippen LogP contribution in [-0.2, 0) is 9.53 Å². The van der Waals surface area contributed by atoms with Crippen molar-refractivity contribution in [3.05, 3.63) is 0 Å². The molecule has 0 spiro atoms. The topological polar surface area (TPSA) is 41.6 Å². The minimum absolute atomic E-state index is 0.173. The van der Waals surface area contributed by atoms with Gasteiger partial charge in [0, 0.05) is 25.2 Å². The van der Waals surface area contributed by atoms with Crippen LogP contribution in [0.3, 0.4) is 0 Å². The molecule has 4 heteroatoms. The van der Waals surface area contributed by atoms with Crippen LogP contribution in [0.4, 0.5) is 0 Å². The van der Waals surface area contributed by atoms with Crippen LogP contribution in [0.1, 0.15) is 33.1 Å². The van der Waals surface area contributed by atoms with Crippen molar-refractivity contribution in [2.75, 3.05) is 19.7 Å². The number of carbonyl (C=O) groups is 1. The molecule has 1 heterocycles. The lowest BCUT2D eigenvalue weighted by atomic mass is 9.90. The number of nitrogens with zero attached hydrogens (tertiary/aromatic N) is 1. The van der Waals surface area contributed by atoms with Gasteiger partial charge in [0.1, 0.15) is 6.10 Å². The minimum Gasteiger partial charge on any atom is -0.366 e. The highest BCUT2D eigenvalue weighted by Gasteiger charge is 2.35. The van der Waals surface area contributed by atoms with Crippen LogP contribution in [0, 0.1) is 0 Å². The van der Waals surface area contributed by atoms with E-state index in [0.717, 1.165) is 19.4 Å². The average Bonchev–Trinajstić information content (AvgIpc) is 2.23. The first kappa shape index (κ1) is 11.9. The Kier molecular flexibility index (Phi) is 3.82. The molecule has 1 saturated carbocycles. The lowest BCUT2D eigenvalue weighted by Gasteiger charge is -2.42. The van der Waals surface area contributed by atoms with Gasteiger partial charge in [-0.2, -0.15) is 0 Å². The van der Waals surface area contributed by atoms with Crippen LogP contribution in [0.15, 0.2) is 0 Å². The van der Waals surface area contributed by atoms with Crippen molar-refractivity contribution in [2.45, 2.75) is 51.3 Å². The third kappa shape index (κ3) is 2.38. The number of carbonyl (C=O) groups excluding carboxylic acids is 1. The molecule has 1 atom stereocenters. The van der Waals surface area contributed by atoms with Crippen LogP contribution >= 0.6 is 0 Å². The van der Waals surface area contributed by atoms with Gasteiger partial charge < -0.3 is 15.0 Å². The highest BCUT2D eigenvalue weighted by molar-refractivity contribution is 5.82. The molecule has 1 saturated heterocycles. The van der Waals surface area contributed by atoms with Crippen LogP contribution in [0.5, 0.6) is 0 Å². The monoisotopic (exact) mass is 226 g/mol. The van der Waals surface area contributed by atoms with Gasteiger partial charge in [-0.15, -0.1) is 0 Å². The molecule has 0 aromatic carbocycles. The zero-order valence-electron chi connectivity index (χ0n) is 10.2. The molecule has 2 rings (SSSR count). The molecule has 4 nitrogen and oxygen atoms in total. The van der Waals surface area contributed by atoms with Gasteiger partial charge >= 0.3 is 0 Å². The van der Waals surface area contributed by atoms with Crippen LogP contribution in [0.25, 0.3) is 0 Å². The van der Waals surface area contributed by atoms with Crippen LogP contribution < -0.4 is 5.32 Å². The second-order valence-corrected chi connectivity index (χ2v) is 4.99. The van der Waals surface area contributed by atoms with Crippen molar-refractivity contribution in [1.82, 2.24) is 10.2 Å². The normalized spacial score (nSPS) is 26.6. The van der Waals surface area contributed by atoms with Crippen molar-refractivity contribution in [3.8, 4) is 0 Å². The molecule has 1 aliphatic heterocycles. The number of hydrogen-bond donors (Lipinski definition) is 1. The smallest absolute Gasteiger partial charge is 0.253 e. The quantitative estimate of drug-likeness (QED) is 0.772. The van der Waals surface area contributed by atoms with Gasteiger partial charge in [0.25, 0.3) is 5.91 Å². The maximum Gasteiger partial charge on any atom is 0.253 e. The van der Waals surface area contributed by atoms with Crippen molar-refractivity contribution in [3.63, 3.8) is 0 Å². The van der Waals surface area contributed by atoms with Gasteiger partial charge in [-0.05, 0) is 33.1 Å². The van der Waals surface area contributed by atoms with Crippen molar-refractivity contribution >= 4 is 5.91 Å². The SMILES string of the molecule is CC(C)N(C(=O)C1CNCCO1)C1CCC1. The highest BCUT2D eigenvalue weighted by atomic mass is 16.5. The first-order valence-electron chi connectivity index (χ1n) is 6.34. The standard InChI is InChI=1S/C12H22N2O2/c1-9(2)14(10-4-3-5-10)12(15)11-8-13-6-7-16-11/h9-11,13H,3-8H2,1-2H3. The summed E-state index contributed by atoms with van der Waals surface area (Å²) in [5.74, 6) is 0.173. The van der Waals surface area contributed by atoms with Crippen LogP contribution in [-0.4, -0.2) is 48.7 Å². The molecule has 2 fully saturated rings. The summed E-state index contributed by atoms with van der Waals surface area (Å²) in [5, 5.41) is 3.21. The Balaban J connectivity index is 1.97. The van der Waals surface area contributed by atoms with Gasteiger partial charge in [-0.25, -0.2) is 0 Å². The third-order valence-electron chi connectivity index (χ3n) is 3.48. The predicted molar refractivity (Wildman–Crippen MR) is 62.2 cm³/mol. The number of rotatable bonds is 3. The molecular weight excluding hydrogens is 204 g/mol. The first-order chi connectivity index (χ1) is 7.70. The Hall–Kier alpha value is -0.610. The average molecular weight is 226 g/mol. The van der Waals surface area contributed by atoms with E-state index in [1.165, 1.54) is 6.42 Å². The van der Waals surface area contributed by atoms with Crippen molar-refractivity contribution in [2.24, 2.45) is 0 Å². The number of morpholine rings is 1. The zero-order chi connectivity index (χ0) is 11.5. The van der Waals surface area contributed by atoms with E-state index in [9.17, 15) is 4.79 Å². The molecule has 1 amide bonds. The summed E-state index contributed by atoms with van der Waals surface area (Å²) in [6.45, 7) is 6.34. The van der Waals surface area contributed by atoms with E-state index >= 15 is 0 Å². The number of hydrogen-bond acceptors (Lipinski definition) is 3. The van der Waals surface area contributed by atoms with E-state index in [-0.39, 0.29) is 18.1 Å². The fraction of sp³-hybridized carbons (Fsp3) is 0.917. The summed E-state index contributed by atoms with van der Waals surface area (Å²) in [6.07, 6.45) is 3.30. The fourth-order valence-electron chi connectivity index (χ4n) is 2.41. The van der Waals surface area contributed by atoms with Crippen LogP contribution in [0.2, 0.25) is 0 Å². The van der Waals surface area contributed by atoms with Gasteiger partial charge in [0.15, 0.2) is 0 Å². The van der Waals surface area contributed by atoms with E-state index in [1.54, 1.807) is 0 Å². The van der Waals surface area contributed by atoms with E-state index in [1.807, 2.05) is 4.90 Å². The van der Waals surface area contributed by atoms with Crippen molar-refractivity contribution < 1.29 is 9.53 Å². The second kappa shape index (κ2) is 5.15. The maximum absolute atomic E-state index is 12.3. The second-order valence-electron chi connectivity index (χ2n) is 4.99. The van der Waals surface area contributed by atoms with E-state index < -0.39 is 0 Å². The molecule has 92 valence electrons. The summed E-state index contributed by atoms with van der Waals surface area (Å²) in [6, 6.07) is 0.737. The maximum atomic E-state index is 12.3. The molecule has 1 unspecified atom stereocenters. The lowest BCUT2D eigenvalue weighted by Crippen LogP contribution is -2.56. The number of amides is 1. The number of ether oxygens (including phenoxy) is 1. The Morgan fingerprint density at radius 1 is 1.44 bits per heavy atom. The van der Waals surface area contributed by atoms with Gasteiger partial charge in [0.05, 0.1) is 6.61 Å². The fourth-order valence-corrected chi connectivity index (χ4v) is 2.41. The summed E-state index contributed by atoms with van der Waals surface area (Å²) < 4.78 is 5.54. The van der Waals surface area contributed by atoms with Gasteiger partial charge in [-0.1, -0.05) is 0 Å². The molecule has 0 aromatic rings. The zero-order valence-corrected chi connectivity index (χ0v) is 10.2. The van der Waals surface area contributed by atoms with E-state index in [2.05, 4.69) is 19.2 Å². The Morgan fingerprint density at radius 2 is 2.19 bits per heavy atom. The molecule has 0 aromatic heterocycles. The third-order valence-corrected chi connectivity index (χ3v) is 3.48. The van der Waals surface area contributed by atoms with E-state index in [0.29, 0.717) is 19.2 Å². The molecule has 16 heavy (non-hydrogen) atoms. The molecule has 2 aliphatic rings. The summed E-state index contributed by atoms with van der Waals surface area (Å²) in [5.41, 5.74) is 0. The van der Waals surface area contributed by atoms with Crippen molar-refractivity contribution in [1.29, 1.82) is 0 Å². The highest BCUT2D eigenvalue weighted by Crippen LogP contribution is 2.27.